The molecule has 0 bridgehead atoms. The van der Waals surface area contributed by atoms with Crippen LogP contribution in [-0.2, 0) is 4.79 Å². The Hall–Kier alpha value is -1.78. The van der Waals surface area contributed by atoms with Crippen molar-refractivity contribution in [1.82, 2.24) is 0 Å². The van der Waals surface area contributed by atoms with Gasteiger partial charge in [-0.15, -0.1) is 11.8 Å². The molecule has 1 atom stereocenters. The lowest BCUT2D eigenvalue weighted by Gasteiger charge is -2.19. The number of hydrogen-bond donors (Lipinski definition) is 2. The molecule has 0 aliphatic rings. The molecule has 2 rings (SSSR count). The number of benzene rings is 2. The number of carbonyl (C=O) groups is 1. The molecule has 0 fully saturated rings. The van der Waals surface area contributed by atoms with Crippen molar-refractivity contribution in [3.63, 3.8) is 0 Å². The average Bonchev–Trinajstić information content (AvgIpc) is 2.49. The zero-order valence-corrected chi connectivity index (χ0v) is 15.6. The van der Waals surface area contributed by atoms with Gasteiger partial charge in [0.05, 0.1) is 0 Å². The maximum absolute atomic E-state index is 12.3. The minimum absolute atomic E-state index is 0.0642. The third kappa shape index (κ3) is 5.69. The largest absolute Gasteiger partial charge is 0.326 e. The SMILES string of the molecule is Cc1cc(SC(C)(C)C)ccc1NC(=O)CC(N)c1ccccc1. The first kappa shape index (κ1) is 18.6. The average molecular weight is 343 g/mol. The Bertz CT molecular complexity index is 693. The summed E-state index contributed by atoms with van der Waals surface area (Å²) in [6.45, 7) is 8.58. The number of nitrogens with two attached hydrogens (primary N) is 1. The minimum atomic E-state index is -0.290. The van der Waals surface area contributed by atoms with Crippen molar-refractivity contribution >= 4 is 23.4 Å². The topological polar surface area (TPSA) is 55.1 Å². The summed E-state index contributed by atoms with van der Waals surface area (Å²) in [5.74, 6) is -0.0642. The van der Waals surface area contributed by atoms with Crippen LogP contribution in [0.1, 0.15) is 44.4 Å². The highest BCUT2D eigenvalue weighted by Gasteiger charge is 2.15. The van der Waals surface area contributed by atoms with E-state index in [9.17, 15) is 4.79 Å². The molecule has 0 aliphatic heterocycles. The van der Waals surface area contributed by atoms with Crippen molar-refractivity contribution in [1.29, 1.82) is 0 Å². The Kier molecular flexibility index (Phi) is 6.08. The number of anilines is 1. The van der Waals surface area contributed by atoms with Gasteiger partial charge in [-0.3, -0.25) is 4.79 Å². The fraction of sp³-hybridized carbons (Fsp3) is 0.350. The fourth-order valence-corrected chi connectivity index (χ4v) is 3.49. The number of amides is 1. The van der Waals surface area contributed by atoms with Crippen molar-refractivity contribution in [2.45, 2.75) is 49.8 Å². The van der Waals surface area contributed by atoms with Crippen LogP contribution >= 0.6 is 11.8 Å². The lowest BCUT2D eigenvalue weighted by atomic mass is 10.0. The zero-order valence-electron chi connectivity index (χ0n) is 14.8. The second-order valence-corrected chi connectivity index (χ2v) is 8.86. The van der Waals surface area contributed by atoms with Crippen LogP contribution in [0.4, 0.5) is 5.69 Å². The molecular weight excluding hydrogens is 316 g/mol. The highest BCUT2D eigenvalue weighted by Crippen LogP contribution is 2.33. The summed E-state index contributed by atoms with van der Waals surface area (Å²) in [5, 5.41) is 2.97. The minimum Gasteiger partial charge on any atom is -0.326 e. The number of aryl methyl sites for hydroxylation is 1. The van der Waals surface area contributed by atoms with Gasteiger partial charge in [-0.25, -0.2) is 0 Å². The summed E-state index contributed by atoms with van der Waals surface area (Å²) < 4.78 is 0.166. The molecule has 3 nitrogen and oxygen atoms in total. The normalized spacial score (nSPS) is 12.7. The van der Waals surface area contributed by atoms with Gasteiger partial charge in [0.2, 0.25) is 5.91 Å². The molecule has 0 heterocycles. The van der Waals surface area contributed by atoms with Gasteiger partial charge in [0.1, 0.15) is 0 Å². The summed E-state index contributed by atoms with van der Waals surface area (Å²) >= 11 is 1.82. The van der Waals surface area contributed by atoms with Gasteiger partial charge in [-0.2, -0.15) is 0 Å². The van der Waals surface area contributed by atoms with Gasteiger partial charge in [-0.1, -0.05) is 51.1 Å². The number of nitrogens with one attached hydrogen (secondary N) is 1. The molecule has 4 heteroatoms. The van der Waals surface area contributed by atoms with Crippen LogP contribution in [0.2, 0.25) is 0 Å². The van der Waals surface area contributed by atoms with Crippen molar-refractivity contribution in [3.8, 4) is 0 Å². The van der Waals surface area contributed by atoms with Gasteiger partial charge in [-0.05, 0) is 36.2 Å². The van der Waals surface area contributed by atoms with Crippen LogP contribution in [0.3, 0.4) is 0 Å². The van der Waals surface area contributed by atoms with E-state index in [1.165, 1.54) is 4.90 Å². The Balaban J connectivity index is 1.99. The summed E-state index contributed by atoms with van der Waals surface area (Å²) in [6.07, 6.45) is 0.266. The molecule has 2 aromatic carbocycles. The van der Waals surface area contributed by atoms with E-state index < -0.39 is 0 Å². The summed E-state index contributed by atoms with van der Waals surface area (Å²) in [6, 6.07) is 15.5. The molecule has 128 valence electrons. The lowest BCUT2D eigenvalue weighted by Crippen LogP contribution is -2.21. The van der Waals surface area contributed by atoms with Crippen molar-refractivity contribution < 1.29 is 4.79 Å². The van der Waals surface area contributed by atoms with Crippen LogP contribution in [-0.4, -0.2) is 10.7 Å². The van der Waals surface area contributed by atoms with E-state index >= 15 is 0 Å². The van der Waals surface area contributed by atoms with Gasteiger partial charge in [0, 0.05) is 27.8 Å². The summed E-state index contributed by atoms with van der Waals surface area (Å²) in [5.41, 5.74) is 9.00. The quantitative estimate of drug-likeness (QED) is 0.759. The molecule has 3 N–H and O–H groups in total. The van der Waals surface area contributed by atoms with Crippen molar-refractivity contribution in [2.75, 3.05) is 5.32 Å². The molecule has 0 saturated heterocycles. The van der Waals surface area contributed by atoms with E-state index in [1.54, 1.807) is 0 Å². The van der Waals surface area contributed by atoms with Crippen LogP contribution in [0.15, 0.2) is 53.4 Å². The lowest BCUT2D eigenvalue weighted by molar-refractivity contribution is -0.116. The van der Waals surface area contributed by atoms with E-state index in [0.29, 0.717) is 0 Å². The van der Waals surface area contributed by atoms with E-state index in [4.69, 9.17) is 5.73 Å². The van der Waals surface area contributed by atoms with E-state index in [2.05, 4.69) is 38.2 Å². The Morgan fingerprint density at radius 3 is 2.42 bits per heavy atom. The molecule has 0 aliphatic carbocycles. The van der Waals surface area contributed by atoms with Crippen molar-refractivity contribution in [2.24, 2.45) is 5.73 Å². The van der Waals surface area contributed by atoms with Gasteiger partial charge < -0.3 is 11.1 Å². The molecule has 0 spiro atoms. The summed E-state index contributed by atoms with van der Waals surface area (Å²) in [4.78, 5) is 13.5. The number of hydrogen-bond acceptors (Lipinski definition) is 3. The Labute approximate surface area is 149 Å². The maximum Gasteiger partial charge on any atom is 0.226 e. The molecular formula is C20H26N2OS. The van der Waals surface area contributed by atoms with Crippen LogP contribution in [0, 0.1) is 6.92 Å². The fourth-order valence-electron chi connectivity index (χ4n) is 2.41. The van der Waals surface area contributed by atoms with E-state index in [-0.39, 0.29) is 23.1 Å². The second-order valence-electron chi connectivity index (χ2n) is 6.96. The van der Waals surface area contributed by atoms with Crippen LogP contribution < -0.4 is 11.1 Å². The highest BCUT2D eigenvalue weighted by atomic mass is 32.2. The third-order valence-electron chi connectivity index (χ3n) is 3.53. The van der Waals surface area contributed by atoms with Crippen LogP contribution in [0.25, 0.3) is 0 Å². The number of rotatable bonds is 5. The van der Waals surface area contributed by atoms with E-state index in [1.807, 2.05) is 55.1 Å². The highest BCUT2D eigenvalue weighted by molar-refractivity contribution is 8.00. The first-order valence-electron chi connectivity index (χ1n) is 8.14. The molecule has 1 unspecified atom stereocenters. The first-order valence-corrected chi connectivity index (χ1v) is 8.96. The smallest absolute Gasteiger partial charge is 0.226 e. The third-order valence-corrected chi connectivity index (χ3v) is 4.63. The molecule has 24 heavy (non-hydrogen) atoms. The molecule has 1 amide bonds. The summed E-state index contributed by atoms with van der Waals surface area (Å²) in [7, 11) is 0. The molecule has 0 aromatic heterocycles. The monoisotopic (exact) mass is 342 g/mol. The molecule has 0 saturated carbocycles. The van der Waals surface area contributed by atoms with Gasteiger partial charge in [0.25, 0.3) is 0 Å². The predicted molar refractivity (Wildman–Crippen MR) is 103 cm³/mol. The molecule has 0 radical (unpaired) electrons. The van der Waals surface area contributed by atoms with E-state index in [0.717, 1.165) is 16.8 Å². The first-order chi connectivity index (χ1) is 11.2. The van der Waals surface area contributed by atoms with Crippen molar-refractivity contribution in [3.05, 3.63) is 59.7 Å². The van der Waals surface area contributed by atoms with Gasteiger partial charge in [0.15, 0.2) is 0 Å². The Morgan fingerprint density at radius 2 is 1.83 bits per heavy atom. The standard InChI is InChI=1S/C20H26N2OS/c1-14-12-16(24-20(2,3)4)10-11-18(14)22-19(23)13-17(21)15-8-6-5-7-9-15/h5-12,17H,13,21H2,1-4H3,(H,22,23). The maximum atomic E-state index is 12.3. The molecule has 2 aromatic rings. The second kappa shape index (κ2) is 7.86. The number of thioether (sulfide) groups is 1. The predicted octanol–water partition coefficient (Wildman–Crippen LogP) is 4.91. The number of carbonyl (C=O) groups excluding carboxylic acids is 1. The van der Waals surface area contributed by atoms with Gasteiger partial charge >= 0.3 is 0 Å². The zero-order chi connectivity index (χ0) is 17.7. The Morgan fingerprint density at radius 1 is 1.17 bits per heavy atom. The van der Waals surface area contributed by atoms with Crippen LogP contribution in [0.5, 0.6) is 0 Å².